The van der Waals surface area contributed by atoms with Crippen molar-refractivity contribution in [2.24, 2.45) is 5.73 Å². The first kappa shape index (κ1) is 9.40. The predicted molar refractivity (Wildman–Crippen MR) is 44.1 cm³/mol. The molecule has 0 atom stereocenters. The van der Waals surface area contributed by atoms with Gasteiger partial charge in [-0.15, -0.1) is 12.4 Å². The van der Waals surface area contributed by atoms with Crippen molar-refractivity contribution < 1.29 is 0 Å². The van der Waals surface area contributed by atoms with Crippen LogP contribution in [0.1, 0.15) is 11.4 Å². The van der Waals surface area contributed by atoms with Gasteiger partial charge in [-0.2, -0.15) is 0 Å². The van der Waals surface area contributed by atoms with E-state index in [0.717, 1.165) is 11.4 Å². The fourth-order valence-corrected chi connectivity index (χ4v) is 0.713. The quantitative estimate of drug-likeness (QED) is 0.669. The van der Waals surface area contributed by atoms with Crippen LogP contribution in [-0.2, 0) is 6.54 Å². The van der Waals surface area contributed by atoms with Gasteiger partial charge >= 0.3 is 0 Å². The summed E-state index contributed by atoms with van der Waals surface area (Å²) in [6, 6.07) is 5.84. The second-order valence-corrected chi connectivity index (χ2v) is 1.97. The standard InChI is InChI=1S/C7H10N2.ClH/c1-6-3-2-4-7(5-8)9-6;/h2-4H,5,8H2,1H3;1H. The number of rotatable bonds is 1. The predicted octanol–water partition coefficient (Wildman–Crippen LogP) is 1.27. The molecular formula is C7H11ClN2. The molecule has 0 aliphatic heterocycles. The third-order valence-electron chi connectivity index (χ3n) is 1.16. The third-order valence-corrected chi connectivity index (χ3v) is 1.16. The fourth-order valence-electron chi connectivity index (χ4n) is 0.713. The first-order valence-corrected chi connectivity index (χ1v) is 2.95. The maximum absolute atomic E-state index is 5.36. The lowest BCUT2D eigenvalue weighted by atomic mass is 10.3. The SMILES string of the molecule is Cc1cccc(CN)n1.Cl. The van der Waals surface area contributed by atoms with Crippen molar-refractivity contribution in [2.75, 3.05) is 0 Å². The van der Waals surface area contributed by atoms with Gasteiger partial charge in [0.05, 0.1) is 5.69 Å². The molecule has 0 aliphatic carbocycles. The Morgan fingerprint density at radius 3 is 2.60 bits per heavy atom. The van der Waals surface area contributed by atoms with E-state index in [9.17, 15) is 0 Å². The van der Waals surface area contributed by atoms with Gasteiger partial charge in [0.1, 0.15) is 0 Å². The van der Waals surface area contributed by atoms with Crippen molar-refractivity contribution in [3.05, 3.63) is 29.6 Å². The smallest absolute Gasteiger partial charge is 0.0542 e. The number of halogens is 1. The lowest BCUT2D eigenvalue weighted by Crippen LogP contribution is -1.99. The second-order valence-electron chi connectivity index (χ2n) is 1.97. The van der Waals surface area contributed by atoms with Crippen LogP contribution in [0.15, 0.2) is 18.2 Å². The average molecular weight is 159 g/mol. The molecule has 10 heavy (non-hydrogen) atoms. The normalized spacial score (nSPS) is 8.60. The van der Waals surface area contributed by atoms with E-state index in [1.165, 1.54) is 0 Å². The summed E-state index contributed by atoms with van der Waals surface area (Å²) in [7, 11) is 0. The molecule has 0 saturated carbocycles. The molecule has 0 unspecified atom stereocenters. The lowest BCUT2D eigenvalue weighted by molar-refractivity contribution is 0.969. The van der Waals surface area contributed by atoms with Crippen molar-refractivity contribution in [3.8, 4) is 0 Å². The van der Waals surface area contributed by atoms with E-state index in [2.05, 4.69) is 4.98 Å². The van der Waals surface area contributed by atoms with E-state index >= 15 is 0 Å². The molecule has 0 aromatic carbocycles. The molecule has 3 heteroatoms. The molecule has 0 saturated heterocycles. The van der Waals surface area contributed by atoms with Crippen LogP contribution in [0.4, 0.5) is 0 Å². The number of nitrogens with two attached hydrogens (primary N) is 1. The Kier molecular flexibility index (Phi) is 4.00. The molecule has 1 aromatic rings. The van der Waals surface area contributed by atoms with Crippen LogP contribution in [0.3, 0.4) is 0 Å². The van der Waals surface area contributed by atoms with Crippen molar-refractivity contribution >= 4 is 12.4 Å². The summed E-state index contributed by atoms with van der Waals surface area (Å²) < 4.78 is 0. The summed E-state index contributed by atoms with van der Waals surface area (Å²) in [5.74, 6) is 0. The maximum atomic E-state index is 5.36. The van der Waals surface area contributed by atoms with Gasteiger partial charge in [0.2, 0.25) is 0 Å². The molecule has 2 nitrogen and oxygen atoms in total. The highest BCUT2D eigenvalue weighted by molar-refractivity contribution is 5.85. The van der Waals surface area contributed by atoms with E-state index in [1.54, 1.807) is 0 Å². The van der Waals surface area contributed by atoms with Gasteiger partial charge < -0.3 is 5.73 Å². The molecule has 0 radical (unpaired) electrons. The number of aromatic nitrogens is 1. The lowest BCUT2D eigenvalue weighted by Gasteiger charge is -1.94. The third kappa shape index (κ3) is 2.33. The molecule has 2 N–H and O–H groups in total. The van der Waals surface area contributed by atoms with E-state index < -0.39 is 0 Å². The highest BCUT2D eigenvalue weighted by Crippen LogP contribution is 1.95. The minimum Gasteiger partial charge on any atom is -0.325 e. The summed E-state index contributed by atoms with van der Waals surface area (Å²) in [4.78, 5) is 4.17. The average Bonchev–Trinajstić information content (AvgIpc) is 1.88. The first-order valence-electron chi connectivity index (χ1n) is 2.95. The fraction of sp³-hybridized carbons (Fsp3) is 0.286. The Morgan fingerprint density at radius 2 is 2.20 bits per heavy atom. The minimum absolute atomic E-state index is 0. The number of aryl methyl sites for hydroxylation is 1. The summed E-state index contributed by atoms with van der Waals surface area (Å²) in [6.45, 7) is 2.49. The van der Waals surface area contributed by atoms with Gasteiger partial charge in [0.25, 0.3) is 0 Å². The molecule has 0 spiro atoms. The number of hydrogen-bond acceptors (Lipinski definition) is 2. The van der Waals surface area contributed by atoms with Crippen LogP contribution in [0, 0.1) is 6.92 Å². The van der Waals surface area contributed by atoms with Crippen LogP contribution >= 0.6 is 12.4 Å². The van der Waals surface area contributed by atoms with Gasteiger partial charge in [0, 0.05) is 12.2 Å². The zero-order valence-corrected chi connectivity index (χ0v) is 6.69. The molecule has 0 bridgehead atoms. The van der Waals surface area contributed by atoms with Crippen LogP contribution in [0.25, 0.3) is 0 Å². The monoisotopic (exact) mass is 158 g/mol. The Hall–Kier alpha value is -0.600. The minimum atomic E-state index is 0. The molecular weight excluding hydrogens is 148 g/mol. The van der Waals surface area contributed by atoms with Gasteiger partial charge in [-0.1, -0.05) is 6.07 Å². The van der Waals surface area contributed by atoms with E-state index in [1.807, 2.05) is 25.1 Å². The van der Waals surface area contributed by atoms with Crippen molar-refractivity contribution in [3.63, 3.8) is 0 Å². The van der Waals surface area contributed by atoms with Crippen molar-refractivity contribution in [2.45, 2.75) is 13.5 Å². The zero-order chi connectivity index (χ0) is 6.69. The Balaban J connectivity index is 0.000000810. The summed E-state index contributed by atoms with van der Waals surface area (Å²) >= 11 is 0. The van der Waals surface area contributed by atoms with Crippen LogP contribution < -0.4 is 5.73 Å². The summed E-state index contributed by atoms with van der Waals surface area (Å²) in [5, 5.41) is 0. The number of hydrogen-bond donors (Lipinski definition) is 1. The highest BCUT2D eigenvalue weighted by Gasteiger charge is 1.87. The van der Waals surface area contributed by atoms with Gasteiger partial charge in [0.15, 0.2) is 0 Å². The molecule has 1 rings (SSSR count). The first-order chi connectivity index (χ1) is 4.33. The number of pyridine rings is 1. The molecule has 0 fully saturated rings. The Labute approximate surface area is 66.9 Å². The Bertz CT molecular complexity index is 201. The van der Waals surface area contributed by atoms with Crippen LogP contribution in [0.5, 0.6) is 0 Å². The molecule has 0 aliphatic rings. The van der Waals surface area contributed by atoms with Crippen molar-refractivity contribution in [1.82, 2.24) is 4.98 Å². The van der Waals surface area contributed by atoms with Gasteiger partial charge in [-0.3, -0.25) is 4.98 Å². The largest absolute Gasteiger partial charge is 0.325 e. The summed E-state index contributed by atoms with van der Waals surface area (Å²) in [5.41, 5.74) is 7.34. The van der Waals surface area contributed by atoms with Gasteiger partial charge in [-0.25, -0.2) is 0 Å². The second kappa shape index (κ2) is 4.25. The summed E-state index contributed by atoms with van der Waals surface area (Å²) in [6.07, 6.45) is 0. The molecule has 1 heterocycles. The molecule has 0 amide bonds. The van der Waals surface area contributed by atoms with E-state index in [4.69, 9.17) is 5.73 Å². The molecule has 56 valence electrons. The highest BCUT2D eigenvalue weighted by atomic mass is 35.5. The van der Waals surface area contributed by atoms with E-state index in [-0.39, 0.29) is 12.4 Å². The van der Waals surface area contributed by atoms with E-state index in [0.29, 0.717) is 6.54 Å². The number of nitrogens with zero attached hydrogens (tertiary/aromatic N) is 1. The maximum Gasteiger partial charge on any atom is 0.0542 e. The molecule has 1 aromatic heterocycles. The van der Waals surface area contributed by atoms with Crippen molar-refractivity contribution in [1.29, 1.82) is 0 Å². The van der Waals surface area contributed by atoms with Crippen LogP contribution in [-0.4, -0.2) is 4.98 Å². The topological polar surface area (TPSA) is 38.9 Å². The van der Waals surface area contributed by atoms with Crippen LogP contribution in [0.2, 0.25) is 0 Å². The Morgan fingerprint density at radius 1 is 1.50 bits per heavy atom. The van der Waals surface area contributed by atoms with Gasteiger partial charge in [-0.05, 0) is 19.1 Å². The zero-order valence-electron chi connectivity index (χ0n) is 5.87.